The number of rotatable bonds is 1. The zero-order valence-corrected chi connectivity index (χ0v) is 6.15. The third-order valence-electron chi connectivity index (χ3n) is 1.95. The lowest BCUT2D eigenvalue weighted by atomic mass is 10.2. The lowest BCUT2D eigenvalue weighted by molar-refractivity contribution is 0.110. The molecule has 1 aliphatic rings. The Morgan fingerprint density at radius 1 is 1.67 bits per heavy atom. The Morgan fingerprint density at radius 3 is 2.56 bits per heavy atom. The molecular formula is C6H15N3. The summed E-state index contributed by atoms with van der Waals surface area (Å²) in [6, 6.07) is 0. The summed E-state index contributed by atoms with van der Waals surface area (Å²) in [5, 5.41) is 2.08. The smallest absolute Gasteiger partial charge is 0.0792 e. The van der Waals surface area contributed by atoms with Crippen LogP contribution >= 0.6 is 0 Å². The molecule has 0 aliphatic carbocycles. The van der Waals surface area contributed by atoms with Crippen LogP contribution in [0, 0.1) is 0 Å². The monoisotopic (exact) mass is 129 g/mol. The summed E-state index contributed by atoms with van der Waals surface area (Å²) in [5.74, 6) is 0. The molecule has 3 N–H and O–H groups in total. The molecule has 0 spiro atoms. The van der Waals surface area contributed by atoms with E-state index in [1.54, 1.807) is 0 Å². The molecule has 0 aromatic rings. The van der Waals surface area contributed by atoms with Gasteiger partial charge in [0.2, 0.25) is 0 Å². The van der Waals surface area contributed by atoms with Gasteiger partial charge in [0.1, 0.15) is 0 Å². The maximum Gasteiger partial charge on any atom is 0.0792 e. The molecule has 1 saturated heterocycles. The van der Waals surface area contributed by atoms with E-state index in [1.807, 2.05) is 7.05 Å². The summed E-state index contributed by atoms with van der Waals surface area (Å²) in [6.07, 6.45) is 2.29. The van der Waals surface area contributed by atoms with Crippen LogP contribution in [0.3, 0.4) is 0 Å². The summed E-state index contributed by atoms with van der Waals surface area (Å²) in [6.45, 7) is 3.12. The fraction of sp³-hybridized carbons (Fsp3) is 1.00. The van der Waals surface area contributed by atoms with E-state index in [4.69, 9.17) is 5.73 Å². The third kappa shape index (κ3) is 1.23. The molecule has 1 rings (SSSR count). The minimum Gasteiger partial charge on any atom is -0.312 e. The number of hydrogen-bond acceptors (Lipinski definition) is 3. The molecule has 1 atom stereocenters. The summed E-state index contributed by atoms with van der Waals surface area (Å²) in [5.41, 5.74) is 8.84. The lowest BCUT2D eigenvalue weighted by Gasteiger charge is -2.29. The molecule has 0 radical (unpaired) electrons. The highest BCUT2D eigenvalue weighted by atomic mass is 15.6. The molecule has 1 fully saturated rings. The summed E-state index contributed by atoms with van der Waals surface area (Å²) in [4.78, 5) is 0. The van der Waals surface area contributed by atoms with Crippen molar-refractivity contribution in [2.45, 2.75) is 25.4 Å². The van der Waals surface area contributed by atoms with Gasteiger partial charge in [-0.2, -0.15) is 0 Å². The van der Waals surface area contributed by atoms with E-state index in [0.29, 0.717) is 0 Å². The summed E-state index contributed by atoms with van der Waals surface area (Å²) < 4.78 is 0. The van der Waals surface area contributed by atoms with Crippen LogP contribution in [0.4, 0.5) is 0 Å². The van der Waals surface area contributed by atoms with Crippen LogP contribution in [0.2, 0.25) is 0 Å². The Kier molecular flexibility index (Phi) is 1.75. The second-order valence-electron chi connectivity index (χ2n) is 2.84. The van der Waals surface area contributed by atoms with Crippen LogP contribution in [0.1, 0.15) is 19.8 Å². The Bertz CT molecular complexity index is 100. The lowest BCUT2D eigenvalue weighted by Crippen LogP contribution is -2.54. The number of nitrogens with one attached hydrogen (secondary N) is 1. The first-order chi connectivity index (χ1) is 4.17. The number of nitrogens with zero attached hydrogens (tertiary/aromatic N) is 1. The van der Waals surface area contributed by atoms with Crippen LogP contribution in [0.15, 0.2) is 0 Å². The Morgan fingerprint density at radius 2 is 2.33 bits per heavy atom. The van der Waals surface area contributed by atoms with E-state index in [-0.39, 0.29) is 5.66 Å². The molecule has 0 aromatic carbocycles. The Hall–Kier alpha value is -0.120. The van der Waals surface area contributed by atoms with E-state index in [9.17, 15) is 0 Å². The van der Waals surface area contributed by atoms with Crippen molar-refractivity contribution in [2.24, 2.45) is 5.73 Å². The van der Waals surface area contributed by atoms with Crippen molar-refractivity contribution in [1.82, 2.24) is 10.4 Å². The van der Waals surface area contributed by atoms with Crippen LogP contribution in [-0.4, -0.2) is 24.3 Å². The van der Waals surface area contributed by atoms with Gasteiger partial charge in [0.25, 0.3) is 0 Å². The van der Waals surface area contributed by atoms with E-state index in [1.165, 1.54) is 6.42 Å². The van der Waals surface area contributed by atoms with Crippen molar-refractivity contribution in [1.29, 1.82) is 0 Å². The second-order valence-corrected chi connectivity index (χ2v) is 2.84. The van der Waals surface area contributed by atoms with E-state index < -0.39 is 0 Å². The first-order valence-electron chi connectivity index (χ1n) is 3.41. The first kappa shape index (κ1) is 6.99. The van der Waals surface area contributed by atoms with E-state index in [2.05, 4.69) is 17.4 Å². The van der Waals surface area contributed by atoms with Gasteiger partial charge in [0.05, 0.1) is 5.66 Å². The Labute approximate surface area is 56.2 Å². The predicted molar refractivity (Wildman–Crippen MR) is 37.6 cm³/mol. The highest BCUT2D eigenvalue weighted by molar-refractivity contribution is 4.83. The van der Waals surface area contributed by atoms with Gasteiger partial charge in [0, 0.05) is 6.54 Å². The second kappa shape index (κ2) is 2.25. The quantitative estimate of drug-likeness (QED) is 0.519. The standard InChI is InChI=1S/C6H15N3/c1-6(7)4-3-5-9(6)8-2/h8H,3-5,7H2,1-2H3. The molecule has 9 heavy (non-hydrogen) atoms. The van der Waals surface area contributed by atoms with Gasteiger partial charge in [-0.15, -0.1) is 0 Å². The molecule has 3 heteroatoms. The zero-order valence-electron chi connectivity index (χ0n) is 6.15. The molecule has 0 aromatic heterocycles. The van der Waals surface area contributed by atoms with Gasteiger partial charge in [-0.1, -0.05) is 0 Å². The van der Waals surface area contributed by atoms with E-state index in [0.717, 1.165) is 13.0 Å². The van der Waals surface area contributed by atoms with Crippen molar-refractivity contribution in [3.05, 3.63) is 0 Å². The van der Waals surface area contributed by atoms with Gasteiger partial charge >= 0.3 is 0 Å². The largest absolute Gasteiger partial charge is 0.312 e. The van der Waals surface area contributed by atoms with Crippen LogP contribution < -0.4 is 11.2 Å². The average molecular weight is 129 g/mol. The van der Waals surface area contributed by atoms with Gasteiger partial charge in [0.15, 0.2) is 0 Å². The van der Waals surface area contributed by atoms with Gasteiger partial charge in [-0.3, -0.25) is 5.43 Å². The fourth-order valence-corrected chi connectivity index (χ4v) is 1.35. The molecule has 54 valence electrons. The maximum absolute atomic E-state index is 5.90. The molecule has 0 amide bonds. The fourth-order valence-electron chi connectivity index (χ4n) is 1.35. The maximum atomic E-state index is 5.90. The van der Waals surface area contributed by atoms with E-state index >= 15 is 0 Å². The topological polar surface area (TPSA) is 41.3 Å². The highest BCUT2D eigenvalue weighted by Gasteiger charge is 2.31. The molecular weight excluding hydrogens is 114 g/mol. The number of nitrogens with two attached hydrogens (primary N) is 1. The van der Waals surface area contributed by atoms with Crippen LogP contribution in [0.25, 0.3) is 0 Å². The minimum absolute atomic E-state index is 0.116. The normalized spacial score (nSPS) is 37.7. The van der Waals surface area contributed by atoms with Gasteiger partial charge < -0.3 is 5.73 Å². The summed E-state index contributed by atoms with van der Waals surface area (Å²) >= 11 is 0. The first-order valence-corrected chi connectivity index (χ1v) is 3.41. The van der Waals surface area contributed by atoms with Crippen LogP contribution in [-0.2, 0) is 0 Å². The SMILES string of the molecule is CNN1CCCC1(C)N. The molecule has 0 saturated carbocycles. The molecule has 1 aliphatic heterocycles. The van der Waals surface area contributed by atoms with Crippen molar-refractivity contribution < 1.29 is 0 Å². The summed E-state index contributed by atoms with van der Waals surface area (Å²) in [7, 11) is 1.91. The minimum atomic E-state index is -0.116. The third-order valence-corrected chi connectivity index (χ3v) is 1.95. The number of hydrazine groups is 1. The zero-order chi connectivity index (χ0) is 6.91. The predicted octanol–water partition coefficient (Wildman–Crippen LogP) is -0.108. The van der Waals surface area contributed by atoms with Crippen molar-refractivity contribution >= 4 is 0 Å². The molecule has 3 nitrogen and oxygen atoms in total. The molecule has 1 heterocycles. The van der Waals surface area contributed by atoms with Crippen molar-refractivity contribution in [3.8, 4) is 0 Å². The number of hydrogen-bond donors (Lipinski definition) is 2. The van der Waals surface area contributed by atoms with Gasteiger partial charge in [-0.25, -0.2) is 5.01 Å². The Balaban J connectivity index is 2.52. The van der Waals surface area contributed by atoms with Gasteiger partial charge in [-0.05, 0) is 26.8 Å². The van der Waals surface area contributed by atoms with Crippen molar-refractivity contribution in [2.75, 3.05) is 13.6 Å². The highest BCUT2D eigenvalue weighted by Crippen LogP contribution is 2.20. The van der Waals surface area contributed by atoms with Crippen LogP contribution in [0.5, 0.6) is 0 Å². The molecule has 0 bridgehead atoms. The molecule has 1 unspecified atom stereocenters. The van der Waals surface area contributed by atoms with Crippen molar-refractivity contribution in [3.63, 3.8) is 0 Å². The average Bonchev–Trinajstić information content (AvgIpc) is 2.08.